The molecule has 1 saturated carbocycles. The third-order valence-electron chi connectivity index (χ3n) is 3.33. The van der Waals surface area contributed by atoms with Gasteiger partial charge in [0.1, 0.15) is 0 Å². The lowest BCUT2D eigenvalue weighted by Gasteiger charge is -2.15. The molecule has 14 heavy (non-hydrogen) atoms. The first-order valence-electron chi connectivity index (χ1n) is 5.50. The molecule has 0 amide bonds. The number of rotatable bonds is 1. The average Bonchev–Trinajstić information content (AvgIpc) is 3.01. The van der Waals surface area contributed by atoms with E-state index in [1.54, 1.807) is 0 Å². The highest BCUT2D eigenvalue weighted by atomic mass is 16.1. The number of hydrogen-bond acceptors (Lipinski definition) is 1. The summed E-state index contributed by atoms with van der Waals surface area (Å²) in [4.78, 5) is 11.6. The quantitative estimate of drug-likeness (QED) is 0.658. The Morgan fingerprint density at radius 3 is 2.79 bits per heavy atom. The lowest BCUT2D eigenvalue weighted by Crippen LogP contribution is -2.10. The smallest absolute Gasteiger partial charge is 0.163 e. The molecule has 1 heteroatoms. The fraction of sp³-hybridized carbons (Fsp3) is 0.462. The summed E-state index contributed by atoms with van der Waals surface area (Å²) in [5, 5.41) is 0. The van der Waals surface area contributed by atoms with Gasteiger partial charge in [0.05, 0.1) is 0 Å². The standard InChI is InChI=1S/C13H14O/c14-13-3-1-2-11-8-10(9-4-5-9)6-7-12(11)13/h6-9H,1-5H2. The number of fused-ring (bicyclic) bond motifs is 1. The zero-order valence-electron chi connectivity index (χ0n) is 8.25. The number of aryl methyl sites for hydroxylation is 1. The first-order valence-corrected chi connectivity index (χ1v) is 5.50. The van der Waals surface area contributed by atoms with Gasteiger partial charge in [-0.25, -0.2) is 0 Å². The molecule has 1 fully saturated rings. The Bertz CT molecular complexity index is 388. The van der Waals surface area contributed by atoms with E-state index >= 15 is 0 Å². The van der Waals surface area contributed by atoms with Gasteiger partial charge < -0.3 is 0 Å². The second-order valence-corrected chi connectivity index (χ2v) is 4.47. The maximum absolute atomic E-state index is 11.6. The molecule has 0 N–H and O–H groups in total. The molecule has 0 aromatic heterocycles. The minimum atomic E-state index is 0.341. The molecule has 0 saturated heterocycles. The van der Waals surface area contributed by atoms with Gasteiger partial charge >= 0.3 is 0 Å². The normalized spacial score (nSPS) is 20.7. The SMILES string of the molecule is O=C1CCCc2cc(C3CC3)ccc21. The zero-order valence-corrected chi connectivity index (χ0v) is 8.25. The average molecular weight is 186 g/mol. The van der Waals surface area contributed by atoms with E-state index in [-0.39, 0.29) is 0 Å². The van der Waals surface area contributed by atoms with Gasteiger partial charge in [-0.05, 0) is 42.7 Å². The molecule has 0 heterocycles. The first kappa shape index (κ1) is 8.22. The highest BCUT2D eigenvalue weighted by molar-refractivity contribution is 5.98. The Balaban J connectivity index is 2.04. The van der Waals surface area contributed by atoms with E-state index in [1.807, 2.05) is 6.07 Å². The lowest BCUT2D eigenvalue weighted by atomic mass is 9.89. The zero-order chi connectivity index (χ0) is 9.54. The van der Waals surface area contributed by atoms with E-state index in [0.717, 1.165) is 30.7 Å². The third-order valence-corrected chi connectivity index (χ3v) is 3.33. The highest BCUT2D eigenvalue weighted by Gasteiger charge is 2.25. The van der Waals surface area contributed by atoms with Crippen LogP contribution in [0.25, 0.3) is 0 Å². The Morgan fingerprint density at radius 2 is 2.00 bits per heavy atom. The van der Waals surface area contributed by atoms with Crippen LogP contribution in [0.15, 0.2) is 18.2 Å². The Labute approximate surface area is 84.1 Å². The summed E-state index contributed by atoms with van der Waals surface area (Å²) in [5.41, 5.74) is 3.74. The fourth-order valence-corrected chi connectivity index (χ4v) is 2.34. The molecule has 1 aromatic carbocycles. The van der Waals surface area contributed by atoms with Crippen molar-refractivity contribution in [2.45, 2.75) is 38.0 Å². The summed E-state index contributed by atoms with van der Waals surface area (Å²) in [7, 11) is 0. The maximum Gasteiger partial charge on any atom is 0.163 e. The molecule has 0 unspecified atom stereocenters. The predicted molar refractivity (Wildman–Crippen MR) is 55.7 cm³/mol. The Kier molecular flexibility index (Phi) is 1.73. The minimum Gasteiger partial charge on any atom is -0.294 e. The van der Waals surface area contributed by atoms with Gasteiger partial charge in [0, 0.05) is 12.0 Å². The number of hydrogen-bond donors (Lipinski definition) is 0. The summed E-state index contributed by atoms with van der Waals surface area (Å²) in [6.07, 6.45) is 5.57. The van der Waals surface area contributed by atoms with Crippen LogP contribution < -0.4 is 0 Å². The van der Waals surface area contributed by atoms with Gasteiger partial charge in [0.25, 0.3) is 0 Å². The van der Waals surface area contributed by atoms with E-state index in [0.29, 0.717) is 5.78 Å². The van der Waals surface area contributed by atoms with E-state index in [9.17, 15) is 4.79 Å². The van der Waals surface area contributed by atoms with E-state index in [1.165, 1.54) is 24.0 Å². The molecular formula is C13H14O. The van der Waals surface area contributed by atoms with Crippen molar-refractivity contribution in [1.29, 1.82) is 0 Å². The van der Waals surface area contributed by atoms with Crippen LogP contribution in [0.3, 0.4) is 0 Å². The van der Waals surface area contributed by atoms with Crippen LogP contribution >= 0.6 is 0 Å². The molecule has 72 valence electrons. The largest absolute Gasteiger partial charge is 0.294 e. The number of carbonyl (C=O) groups is 1. The second kappa shape index (κ2) is 2.94. The van der Waals surface area contributed by atoms with Crippen molar-refractivity contribution in [3.8, 4) is 0 Å². The second-order valence-electron chi connectivity index (χ2n) is 4.47. The molecule has 2 aliphatic rings. The first-order chi connectivity index (χ1) is 6.84. The van der Waals surface area contributed by atoms with Gasteiger partial charge in [0.15, 0.2) is 5.78 Å². The molecule has 2 aliphatic carbocycles. The molecule has 0 bridgehead atoms. The van der Waals surface area contributed by atoms with Crippen molar-refractivity contribution >= 4 is 5.78 Å². The van der Waals surface area contributed by atoms with Gasteiger partial charge in [-0.1, -0.05) is 18.2 Å². The van der Waals surface area contributed by atoms with E-state index < -0.39 is 0 Å². The lowest BCUT2D eigenvalue weighted by molar-refractivity contribution is 0.0972. The van der Waals surface area contributed by atoms with Crippen molar-refractivity contribution in [3.63, 3.8) is 0 Å². The van der Waals surface area contributed by atoms with Gasteiger partial charge in [-0.2, -0.15) is 0 Å². The molecule has 1 nitrogen and oxygen atoms in total. The fourth-order valence-electron chi connectivity index (χ4n) is 2.34. The summed E-state index contributed by atoms with van der Waals surface area (Å²) in [6.45, 7) is 0. The highest BCUT2D eigenvalue weighted by Crippen LogP contribution is 2.41. The Morgan fingerprint density at radius 1 is 1.14 bits per heavy atom. The summed E-state index contributed by atoms with van der Waals surface area (Å²) in [6, 6.07) is 6.47. The van der Waals surface area contributed by atoms with E-state index in [2.05, 4.69) is 12.1 Å². The molecular weight excluding hydrogens is 172 g/mol. The molecule has 0 spiro atoms. The van der Waals surface area contributed by atoms with Crippen LogP contribution in [0, 0.1) is 0 Å². The van der Waals surface area contributed by atoms with Crippen molar-refractivity contribution in [2.75, 3.05) is 0 Å². The molecule has 1 aromatic rings. The van der Waals surface area contributed by atoms with Crippen molar-refractivity contribution < 1.29 is 4.79 Å². The molecule has 0 aliphatic heterocycles. The van der Waals surface area contributed by atoms with Gasteiger partial charge in [-0.15, -0.1) is 0 Å². The molecule has 3 rings (SSSR count). The summed E-state index contributed by atoms with van der Waals surface area (Å²) in [5.74, 6) is 1.14. The maximum atomic E-state index is 11.6. The van der Waals surface area contributed by atoms with Crippen molar-refractivity contribution in [3.05, 3.63) is 34.9 Å². The number of Topliss-reactive ketones (excluding diaryl/α,β-unsaturated/α-hetero) is 1. The van der Waals surface area contributed by atoms with E-state index in [4.69, 9.17) is 0 Å². The monoisotopic (exact) mass is 186 g/mol. The van der Waals surface area contributed by atoms with Gasteiger partial charge in [-0.3, -0.25) is 4.79 Å². The van der Waals surface area contributed by atoms with Gasteiger partial charge in [0.2, 0.25) is 0 Å². The van der Waals surface area contributed by atoms with Crippen molar-refractivity contribution in [2.24, 2.45) is 0 Å². The summed E-state index contributed by atoms with van der Waals surface area (Å²) < 4.78 is 0. The van der Waals surface area contributed by atoms with Crippen LogP contribution in [0.5, 0.6) is 0 Å². The van der Waals surface area contributed by atoms with Crippen LogP contribution in [-0.4, -0.2) is 5.78 Å². The Hall–Kier alpha value is -1.11. The predicted octanol–water partition coefficient (Wildman–Crippen LogP) is 3.08. The topological polar surface area (TPSA) is 17.1 Å². The number of benzene rings is 1. The molecule has 0 radical (unpaired) electrons. The minimum absolute atomic E-state index is 0.341. The summed E-state index contributed by atoms with van der Waals surface area (Å²) >= 11 is 0. The third kappa shape index (κ3) is 1.28. The number of carbonyl (C=O) groups excluding carboxylic acids is 1. The van der Waals surface area contributed by atoms with Crippen LogP contribution in [0.1, 0.15) is 53.1 Å². The van der Waals surface area contributed by atoms with Crippen LogP contribution in [0.2, 0.25) is 0 Å². The van der Waals surface area contributed by atoms with Crippen LogP contribution in [0.4, 0.5) is 0 Å². The van der Waals surface area contributed by atoms with Crippen LogP contribution in [-0.2, 0) is 6.42 Å². The number of ketones is 1. The molecule has 0 atom stereocenters. The van der Waals surface area contributed by atoms with Crippen molar-refractivity contribution in [1.82, 2.24) is 0 Å².